The zero-order chi connectivity index (χ0) is 24.2. The van der Waals surface area contributed by atoms with Crippen molar-refractivity contribution in [1.29, 1.82) is 0 Å². The maximum absolute atomic E-state index is 12.4. The molecule has 0 aliphatic carbocycles. The molecule has 0 radical (unpaired) electrons. The highest BCUT2D eigenvalue weighted by Gasteiger charge is 2.32. The second kappa shape index (κ2) is 10.4. The molecule has 2 atom stereocenters. The van der Waals surface area contributed by atoms with Gasteiger partial charge in [0.1, 0.15) is 5.60 Å². The van der Waals surface area contributed by atoms with Crippen LogP contribution in [-0.2, 0) is 19.0 Å². The van der Waals surface area contributed by atoms with Crippen LogP contribution in [0, 0.1) is 13.8 Å². The second-order valence-corrected chi connectivity index (χ2v) is 9.40. The molecular weight excluding hydrogens is 422 g/mol. The Morgan fingerprint density at radius 1 is 1.21 bits per heavy atom. The van der Waals surface area contributed by atoms with Gasteiger partial charge in [-0.1, -0.05) is 12.1 Å². The van der Waals surface area contributed by atoms with Crippen molar-refractivity contribution in [2.24, 2.45) is 0 Å². The van der Waals surface area contributed by atoms with Gasteiger partial charge in [0, 0.05) is 12.2 Å². The third-order valence-corrected chi connectivity index (χ3v) is 5.31. The predicted molar refractivity (Wildman–Crippen MR) is 124 cm³/mol. The molecular formula is C25H35N3O5. The lowest BCUT2D eigenvalue weighted by Gasteiger charge is -2.25. The van der Waals surface area contributed by atoms with E-state index < -0.39 is 11.7 Å². The Bertz CT molecular complexity index is 979. The van der Waals surface area contributed by atoms with Crippen molar-refractivity contribution >= 4 is 12.1 Å². The zero-order valence-corrected chi connectivity index (χ0v) is 20.5. The van der Waals surface area contributed by atoms with Crippen molar-refractivity contribution in [2.45, 2.75) is 72.2 Å². The smallest absolute Gasteiger partial charge is 0.410 e. The van der Waals surface area contributed by atoms with Gasteiger partial charge < -0.3 is 19.1 Å². The monoisotopic (exact) mass is 457 g/mol. The van der Waals surface area contributed by atoms with Gasteiger partial charge in [-0.15, -0.1) is 0 Å². The number of hydrogen-bond acceptors (Lipinski definition) is 6. The number of nitrogens with zero attached hydrogens (tertiary/aromatic N) is 3. The van der Waals surface area contributed by atoms with E-state index in [1.807, 2.05) is 69.6 Å². The Morgan fingerprint density at radius 2 is 1.97 bits per heavy atom. The first-order valence-electron chi connectivity index (χ1n) is 11.5. The maximum atomic E-state index is 12.4. The summed E-state index contributed by atoms with van der Waals surface area (Å²) in [6, 6.07) is 9.86. The summed E-state index contributed by atoms with van der Waals surface area (Å²) in [5, 5.41) is 4.56. The molecule has 33 heavy (non-hydrogen) atoms. The van der Waals surface area contributed by atoms with Crippen LogP contribution in [-0.4, -0.2) is 58.1 Å². The van der Waals surface area contributed by atoms with E-state index in [2.05, 4.69) is 5.10 Å². The van der Waals surface area contributed by atoms with Gasteiger partial charge in [-0.3, -0.25) is 4.79 Å². The van der Waals surface area contributed by atoms with Crippen molar-refractivity contribution < 1.29 is 23.8 Å². The molecule has 2 heterocycles. The highest BCUT2D eigenvalue weighted by Crippen LogP contribution is 2.29. The minimum absolute atomic E-state index is 0.0946. The molecule has 1 saturated heterocycles. The number of aryl methyl sites for hydroxylation is 2. The molecule has 1 aliphatic rings. The van der Waals surface area contributed by atoms with Crippen LogP contribution in [0.5, 0.6) is 0 Å². The second-order valence-electron chi connectivity index (χ2n) is 9.40. The van der Waals surface area contributed by atoms with Crippen LogP contribution in [0.2, 0.25) is 0 Å². The largest absolute Gasteiger partial charge is 0.466 e. The summed E-state index contributed by atoms with van der Waals surface area (Å²) < 4.78 is 18.9. The molecule has 1 amide bonds. The van der Waals surface area contributed by atoms with Crippen LogP contribution >= 0.6 is 0 Å². The number of carbonyl (C=O) groups excluding carboxylic acids is 2. The molecule has 0 N–H and O–H groups in total. The summed E-state index contributed by atoms with van der Waals surface area (Å²) >= 11 is 0. The molecule has 0 bridgehead atoms. The molecule has 0 spiro atoms. The van der Waals surface area contributed by atoms with Crippen molar-refractivity contribution in [3.8, 4) is 5.69 Å². The zero-order valence-electron chi connectivity index (χ0n) is 20.5. The Hall–Kier alpha value is -2.87. The van der Waals surface area contributed by atoms with Gasteiger partial charge in [0.05, 0.1) is 43.2 Å². The van der Waals surface area contributed by atoms with Gasteiger partial charge in [0.15, 0.2) is 0 Å². The van der Waals surface area contributed by atoms with Crippen LogP contribution in [0.1, 0.15) is 63.6 Å². The van der Waals surface area contributed by atoms with Crippen LogP contribution in [0.4, 0.5) is 4.79 Å². The Balaban J connectivity index is 1.77. The molecule has 1 fully saturated rings. The van der Waals surface area contributed by atoms with Crippen molar-refractivity contribution in [2.75, 3.05) is 19.7 Å². The molecule has 1 aromatic heterocycles. The lowest BCUT2D eigenvalue weighted by atomic mass is 10.0. The van der Waals surface area contributed by atoms with Crippen molar-refractivity contribution in [1.82, 2.24) is 14.7 Å². The number of esters is 1. The molecule has 0 saturated carbocycles. The molecule has 2 unspecified atom stereocenters. The minimum atomic E-state index is -0.550. The van der Waals surface area contributed by atoms with E-state index in [9.17, 15) is 9.59 Å². The number of hydrogen-bond donors (Lipinski definition) is 0. The molecule has 8 nitrogen and oxygen atoms in total. The predicted octanol–water partition coefficient (Wildman–Crippen LogP) is 4.51. The highest BCUT2D eigenvalue weighted by molar-refractivity contribution is 5.70. The van der Waals surface area contributed by atoms with Crippen LogP contribution in [0.15, 0.2) is 30.3 Å². The van der Waals surface area contributed by atoms with Crippen molar-refractivity contribution in [3.05, 3.63) is 47.3 Å². The van der Waals surface area contributed by atoms with E-state index in [4.69, 9.17) is 14.2 Å². The summed E-state index contributed by atoms with van der Waals surface area (Å²) in [6.07, 6.45) is -0.270. The number of rotatable bonds is 7. The van der Waals surface area contributed by atoms with E-state index in [0.717, 1.165) is 22.6 Å². The van der Waals surface area contributed by atoms with Gasteiger partial charge in [-0.25, -0.2) is 9.48 Å². The van der Waals surface area contributed by atoms with E-state index in [1.165, 1.54) is 0 Å². The van der Waals surface area contributed by atoms with Gasteiger partial charge in [0.2, 0.25) is 0 Å². The summed E-state index contributed by atoms with van der Waals surface area (Å²) in [7, 11) is 0. The lowest BCUT2D eigenvalue weighted by Crippen LogP contribution is -2.36. The number of aromatic nitrogens is 2. The van der Waals surface area contributed by atoms with Gasteiger partial charge in [0.25, 0.3) is 0 Å². The quantitative estimate of drug-likeness (QED) is 0.569. The molecule has 1 aliphatic heterocycles. The van der Waals surface area contributed by atoms with E-state index >= 15 is 0 Å². The fraction of sp³-hybridized carbons (Fsp3) is 0.560. The maximum Gasteiger partial charge on any atom is 0.410 e. The SMILES string of the molecule is CCOC(=O)CC(OC1CCN(C(=O)OC(C)(C)C)C1)c1cccc(-n2nc(C)cc2C)c1. The van der Waals surface area contributed by atoms with Crippen LogP contribution in [0.3, 0.4) is 0 Å². The average Bonchev–Trinajstić information content (AvgIpc) is 3.32. The first-order chi connectivity index (χ1) is 15.6. The first-order valence-corrected chi connectivity index (χ1v) is 11.5. The van der Waals surface area contributed by atoms with Gasteiger partial charge in [-0.05, 0) is 71.7 Å². The van der Waals surface area contributed by atoms with E-state index in [1.54, 1.807) is 11.8 Å². The summed E-state index contributed by atoms with van der Waals surface area (Å²) in [5.74, 6) is -0.319. The lowest BCUT2D eigenvalue weighted by molar-refractivity contribution is -0.147. The van der Waals surface area contributed by atoms with Crippen molar-refractivity contribution in [3.63, 3.8) is 0 Å². The number of amides is 1. The standard InChI is InChI=1S/C25H35N3O5/c1-7-31-23(29)15-22(32-21-11-12-27(16-21)24(30)33-25(4,5)6)19-9-8-10-20(14-19)28-18(3)13-17(2)26-28/h8-10,13-14,21-22H,7,11-12,15-16H2,1-6H3. The molecule has 3 rings (SSSR count). The average molecular weight is 458 g/mol. The van der Waals surface area contributed by atoms with Crippen LogP contribution < -0.4 is 0 Å². The number of likely N-dealkylation sites (tertiary alicyclic amines) is 1. The third-order valence-electron chi connectivity index (χ3n) is 5.31. The van der Waals surface area contributed by atoms with Gasteiger partial charge >= 0.3 is 12.1 Å². The Morgan fingerprint density at radius 3 is 2.61 bits per heavy atom. The fourth-order valence-electron chi connectivity index (χ4n) is 3.93. The third kappa shape index (κ3) is 6.81. The summed E-state index contributed by atoms with van der Waals surface area (Å²) in [4.78, 5) is 26.4. The highest BCUT2D eigenvalue weighted by atomic mass is 16.6. The van der Waals surface area contributed by atoms with Gasteiger partial charge in [-0.2, -0.15) is 5.10 Å². The minimum Gasteiger partial charge on any atom is -0.466 e. The number of benzene rings is 1. The van der Waals surface area contributed by atoms with Crippen LogP contribution in [0.25, 0.3) is 5.69 Å². The summed E-state index contributed by atoms with van der Waals surface area (Å²) in [5.41, 5.74) is 3.18. The van der Waals surface area contributed by atoms with E-state index in [-0.39, 0.29) is 24.6 Å². The Kier molecular flexibility index (Phi) is 7.79. The first kappa shape index (κ1) is 24.8. The molecule has 8 heteroatoms. The van der Waals surface area contributed by atoms with E-state index in [0.29, 0.717) is 26.1 Å². The Labute approximate surface area is 195 Å². The molecule has 1 aromatic carbocycles. The number of carbonyl (C=O) groups is 2. The molecule has 2 aromatic rings. The fourth-order valence-corrected chi connectivity index (χ4v) is 3.93. The topological polar surface area (TPSA) is 82.9 Å². The normalized spacial score (nSPS) is 17.2. The molecule has 180 valence electrons. The summed E-state index contributed by atoms with van der Waals surface area (Å²) in [6.45, 7) is 12.6. The number of ether oxygens (including phenoxy) is 3.